The Balaban J connectivity index is 0.000000116. The molecular weight excluding hydrogens is 1780 g/mol. The van der Waals surface area contributed by atoms with E-state index in [2.05, 4.69) is 619 Å². The highest BCUT2D eigenvalue weighted by Gasteiger charge is 2.33. The first-order valence-electron chi connectivity index (χ1n) is 51.6. The second-order valence-corrected chi connectivity index (χ2v) is 40.7. The smallest absolute Gasteiger partial charge is 0.195 e. The normalized spacial score (nSPS) is 11.6. The number of hydrogen-bond acceptors (Lipinski definition) is 0. The molecule has 0 aliphatic carbocycles. The number of hydrogen-bond donors (Lipinski definition) is 0. The minimum absolute atomic E-state index is 0.379. The molecule has 23 aromatic rings. The highest BCUT2D eigenvalue weighted by atomic mass is 15.4. The number of para-hydroxylation sites is 8. The van der Waals surface area contributed by atoms with Gasteiger partial charge >= 0.3 is 0 Å². The van der Waals surface area contributed by atoms with Crippen LogP contribution in [0.15, 0.2) is 390 Å². The van der Waals surface area contributed by atoms with Gasteiger partial charge in [0.2, 0.25) is 0 Å². The van der Waals surface area contributed by atoms with Crippen LogP contribution in [-0.4, -0.2) is 46.2 Å². The first kappa shape index (κ1) is 98.4. The fourth-order valence-electron chi connectivity index (χ4n) is 22.2. The van der Waals surface area contributed by atoms with Crippen LogP contribution < -0.4 is 23.4 Å². The number of fused-ring (bicyclic) bond motifs is 5. The maximum absolute atomic E-state index is 2.50. The van der Waals surface area contributed by atoms with E-state index < -0.39 is 0 Å². The summed E-state index contributed by atoms with van der Waals surface area (Å²) >= 11 is 0. The van der Waals surface area contributed by atoms with Gasteiger partial charge < -0.3 is 0 Å². The van der Waals surface area contributed by atoms with Crippen molar-refractivity contribution >= 4 is 54.5 Å². The maximum atomic E-state index is 2.50. The third-order valence-corrected chi connectivity index (χ3v) is 29.3. The second-order valence-electron chi connectivity index (χ2n) is 40.7. The SMILES string of the molecule is Cc1c(-n2ccc[n+]2C)n(-c2c(-c3ccccc3)cccc2-c2ccccc2)c2ccccc12.Cc1c(-n2ccc[n+]2C)n(-c2c(C(C)C)cc(-c3ccccc3)cc2C(C)C)c2ccccc12.Cc1c(-n2ccc[n+]2C)n(-c2c(C(C)C)cccc2C(C)C)c2ccccc12.Cc1c(-n2ccc[n+]2C)n(-c2ccccc2C(C)C)c2ccccc12.Cc1cc(C)c(-n2c(-n3ccc[n+]3C)c(C)c3ccccc32)c(C)c1. The zero-order valence-electron chi connectivity index (χ0n) is 89.0. The van der Waals surface area contributed by atoms with Crippen LogP contribution in [0.1, 0.15) is 171 Å². The monoisotopic (exact) mass is 1920 g/mol. The average molecular weight is 1920 g/mol. The van der Waals surface area contributed by atoms with E-state index in [0.29, 0.717) is 29.6 Å². The highest BCUT2D eigenvalue weighted by molar-refractivity contribution is 5.97. The molecule has 15 heteroatoms. The Bertz CT molecular complexity index is 8550. The van der Waals surface area contributed by atoms with Gasteiger partial charge in [-0.1, -0.05) is 324 Å². The molecule has 0 aliphatic heterocycles. The van der Waals surface area contributed by atoms with Crippen molar-refractivity contribution in [2.24, 2.45) is 35.2 Å². The Morgan fingerprint density at radius 3 is 0.753 bits per heavy atom. The van der Waals surface area contributed by atoms with Crippen molar-refractivity contribution in [3.05, 3.63) is 462 Å². The van der Waals surface area contributed by atoms with E-state index in [4.69, 9.17) is 0 Å². The quantitative estimate of drug-likeness (QED) is 0.0769. The lowest BCUT2D eigenvalue weighted by Gasteiger charge is -2.24. The Hall–Kier alpha value is -16.4. The lowest BCUT2D eigenvalue weighted by atomic mass is 9.88. The number of aryl methyl sites for hydroxylation is 13. The molecule has 0 amide bonds. The van der Waals surface area contributed by atoms with Crippen molar-refractivity contribution in [3.63, 3.8) is 0 Å². The van der Waals surface area contributed by atoms with E-state index in [1.165, 1.54) is 212 Å². The van der Waals surface area contributed by atoms with Crippen LogP contribution in [-0.2, 0) is 35.2 Å². The standard InChI is InChI=1S/C31H26N3.C31H34N3.C25H30N3.2C22H24N3/c1-23-26-17-9-10-20-29(26)34(31(23)33-22-12-21-32(33)2)30-27(24-13-5-3-6-14-24)18-11-19-28(30)25-15-7-4-8-16-25;1-21(2)27-19-25(24-13-8-7-9-14-24)20-28(22(3)4)30(27)34-29-16-11-10-15-26(29)23(5)31(34)33-18-12-17-32(33)6;1-17(2)20-12-9-13-21(18(3)4)24(20)28-23-14-8-7-11-22(23)19(5)25(28)27-16-10-15-26(27)6;1-15-13-16(2)21(17(3)14-15)25-20-10-7-6-9-19(20)18(4)22(25)24-12-8-11-23(24)5;1-16(2)18-10-5-7-12-20(18)25-21-13-8-6-11-19(21)17(3)22(25)24-15-9-14-23(24)4/h3-22H,1-2H3;7-22H,1-6H3;7-18H,1-6H3;6-14H,1-5H3;5-16H,1-4H3/q5*+1. The lowest BCUT2D eigenvalue weighted by Crippen LogP contribution is -2.38. The topological polar surface area (TPSA) is 68.7 Å². The summed E-state index contributed by atoms with van der Waals surface area (Å²) in [5.74, 6) is 8.06. The maximum Gasteiger partial charge on any atom is 0.195 e. The van der Waals surface area contributed by atoms with Crippen molar-refractivity contribution < 1.29 is 23.4 Å². The zero-order valence-corrected chi connectivity index (χ0v) is 89.0. The van der Waals surface area contributed by atoms with Crippen LogP contribution >= 0.6 is 0 Å². The first-order valence-corrected chi connectivity index (χ1v) is 51.6. The van der Waals surface area contributed by atoms with Gasteiger partial charge in [0.15, 0.2) is 95.3 Å². The molecule has 732 valence electrons. The van der Waals surface area contributed by atoms with E-state index in [0.717, 1.165) is 5.82 Å². The van der Waals surface area contributed by atoms with Crippen LogP contribution in [0.4, 0.5) is 0 Å². The Kier molecular flexibility index (Phi) is 28.0. The van der Waals surface area contributed by atoms with Crippen LogP contribution in [0.5, 0.6) is 0 Å². The molecule has 0 saturated heterocycles. The molecule has 15 nitrogen and oxygen atoms in total. The van der Waals surface area contributed by atoms with Gasteiger partial charge in [0, 0.05) is 96.2 Å². The third-order valence-electron chi connectivity index (χ3n) is 29.3. The van der Waals surface area contributed by atoms with Gasteiger partial charge in [0.1, 0.15) is 0 Å². The molecule has 0 fully saturated rings. The summed E-state index contributed by atoms with van der Waals surface area (Å²) in [5, 5.41) is 6.45. The average Bonchev–Trinajstić information content (AvgIpc) is 1.60. The Morgan fingerprint density at radius 1 is 0.199 bits per heavy atom. The van der Waals surface area contributed by atoms with Gasteiger partial charge in [-0.3, -0.25) is 22.8 Å². The van der Waals surface area contributed by atoms with E-state index in [-0.39, 0.29) is 0 Å². The third kappa shape index (κ3) is 18.2. The molecule has 0 atom stereocenters. The van der Waals surface area contributed by atoms with E-state index in [1.54, 1.807) is 0 Å². The largest absolute Gasteiger partial charge is 0.291 e. The molecule has 0 saturated carbocycles. The van der Waals surface area contributed by atoms with Crippen LogP contribution in [0.25, 0.3) is 145 Å². The summed E-state index contributed by atoms with van der Waals surface area (Å²) in [6.45, 7) is 40.6. The molecule has 146 heavy (non-hydrogen) atoms. The lowest BCUT2D eigenvalue weighted by molar-refractivity contribution is -0.744. The number of rotatable bonds is 18. The van der Waals surface area contributed by atoms with E-state index >= 15 is 0 Å². The number of nitrogens with zero attached hydrogens (tertiary/aromatic N) is 15. The van der Waals surface area contributed by atoms with E-state index in [9.17, 15) is 0 Å². The molecule has 23 rings (SSSR count). The summed E-state index contributed by atoms with van der Waals surface area (Å²) in [7, 11) is 10.4. The van der Waals surface area contributed by atoms with E-state index in [1.807, 2.05) is 0 Å². The molecule has 0 N–H and O–H groups in total. The molecule has 0 aliphatic rings. The summed E-state index contributed by atoms with van der Waals surface area (Å²) in [4.78, 5) is 0. The summed E-state index contributed by atoms with van der Waals surface area (Å²) in [5.41, 5.74) is 37.2. The molecule has 10 heterocycles. The summed E-state index contributed by atoms with van der Waals surface area (Å²) in [6, 6.07) is 118. The first-order chi connectivity index (χ1) is 70.6. The van der Waals surface area contributed by atoms with Crippen LogP contribution in [0, 0.1) is 55.4 Å². The minimum Gasteiger partial charge on any atom is -0.291 e. The molecule has 13 aromatic carbocycles. The summed E-state index contributed by atoms with van der Waals surface area (Å²) in [6.07, 6.45) is 21.1. The van der Waals surface area contributed by atoms with Crippen molar-refractivity contribution in [2.45, 2.75) is 154 Å². The van der Waals surface area contributed by atoms with Gasteiger partial charge in [0.05, 0.1) is 87.0 Å². The molecule has 10 aromatic heterocycles. The highest BCUT2D eigenvalue weighted by Crippen LogP contribution is 2.47. The van der Waals surface area contributed by atoms with Crippen molar-refractivity contribution in [2.75, 3.05) is 0 Å². The van der Waals surface area contributed by atoms with Gasteiger partial charge in [-0.15, -0.1) is 46.8 Å². The molecule has 0 radical (unpaired) electrons. The van der Waals surface area contributed by atoms with Crippen molar-refractivity contribution in [1.29, 1.82) is 0 Å². The fraction of sp³-hybridized carbons (Fsp3) is 0.214. The Morgan fingerprint density at radius 2 is 0.445 bits per heavy atom. The van der Waals surface area contributed by atoms with Crippen molar-refractivity contribution in [1.82, 2.24) is 46.2 Å². The van der Waals surface area contributed by atoms with Crippen LogP contribution in [0.2, 0.25) is 0 Å². The number of aromatic nitrogens is 15. The Labute approximate surface area is 860 Å². The number of benzene rings is 13. The zero-order chi connectivity index (χ0) is 102. The molecule has 0 bridgehead atoms. The van der Waals surface area contributed by atoms with Gasteiger partial charge in [0.25, 0.3) is 0 Å². The van der Waals surface area contributed by atoms with Crippen LogP contribution in [0.3, 0.4) is 0 Å². The minimum atomic E-state index is 0.379. The van der Waals surface area contributed by atoms with Crippen molar-refractivity contribution in [3.8, 4) is 90.9 Å². The predicted molar refractivity (Wildman–Crippen MR) is 604 cm³/mol. The van der Waals surface area contributed by atoms with Gasteiger partial charge in [-0.25, -0.2) is 0 Å². The molecule has 0 unspecified atom stereocenters. The fourth-order valence-corrected chi connectivity index (χ4v) is 22.2. The predicted octanol–water partition coefficient (Wildman–Crippen LogP) is 29.3. The summed E-state index contributed by atoms with van der Waals surface area (Å²) < 4.78 is 34.1. The molecular formula is C131H138N15+5. The second kappa shape index (κ2) is 41.5. The van der Waals surface area contributed by atoms with Gasteiger partial charge in [-0.05, 0) is 195 Å². The molecule has 0 spiro atoms. The van der Waals surface area contributed by atoms with Gasteiger partial charge in [-0.2, -0.15) is 0 Å².